The van der Waals surface area contributed by atoms with Crippen molar-refractivity contribution in [3.8, 4) is 0 Å². The van der Waals surface area contributed by atoms with E-state index in [2.05, 4.69) is 36.5 Å². The molecular weight excluding hydrogens is 324 g/mol. The monoisotopic (exact) mass is 354 g/mol. The molecule has 6 heteroatoms. The molecule has 1 saturated carbocycles. The lowest BCUT2D eigenvalue weighted by atomic mass is 9.70. The quantitative estimate of drug-likeness (QED) is 0.876. The molecule has 2 N–H and O–H groups in total. The predicted octanol–water partition coefficient (Wildman–Crippen LogP) is 3.17. The predicted molar refractivity (Wildman–Crippen MR) is 98.7 cm³/mol. The van der Waals surface area contributed by atoms with E-state index in [1.54, 1.807) is 0 Å². The Balaban J connectivity index is 0.00000208. The molecule has 2 fully saturated rings. The van der Waals surface area contributed by atoms with Crippen molar-refractivity contribution in [1.29, 1.82) is 0 Å². The number of aromatic nitrogens is 2. The number of nitrogens with zero attached hydrogens (tertiary/aromatic N) is 2. The molecule has 3 atom stereocenters. The minimum absolute atomic E-state index is 0. The van der Waals surface area contributed by atoms with Crippen LogP contribution < -0.4 is 10.6 Å². The Hall–Kier alpha value is -1.07. The first kappa shape index (κ1) is 19.3. The van der Waals surface area contributed by atoms with Gasteiger partial charge in [0.1, 0.15) is 5.69 Å². The second kappa shape index (κ2) is 7.87. The van der Waals surface area contributed by atoms with E-state index in [-0.39, 0.29) is 24.4 Å². The maximum Gasteiger partial charge on any atom is 0.272 e. The van der Waals surface area contributed by atoms with Crippen LogP contribution in [-0.4, -0.2) is 34.8 Å². The van der Waals surface area contributed by atoms with E-state index in [1.807, 2.05) is 16.9 Å². The van der Waals surface area contributed by atoms with Crippen LogP contribution in [-0.2, 0) is 0 Å². The highest BCUT2D eigenvalue weighted by Gasteiger charge is 2.33. The summed E-state index contributed by atoms with van der Waals surface area (Å²) in [5.74, 6) is 0.497. The number of carbonyl (C=O) groups excluding carboxylic acids is 1. The highest BCUT2D eigenvalue weighted by Crippen LogP contribution is 2.38. The zero-order valence-electron chi connectivity index (χ0n) is 15.0. The van der Waals surface area contributed by atoms with Crippen LogP contribution in [0.2, 0.25) is 0 Å². The van der Waals surface area contributed by atoms with Crippen LogP contribution in [0.1, 0.15) is 69.4 Å². The number of piperidine rings is 1. The molecule has 5 nitrogen and oxygen atoms in total. The van der Waals surface area contributed by atoms with Crippen molar-refractivity contribution in [3.63, 3.8) is 0 Å². The smallest absolute Gasteiger partial charge is 0.272 e. The topological polar surface area (TPSA) is 59.0 Å². The van der Waals surface area contributed by atoms with E-state index >= 15 is 0 Å². The lowest BCUT2D eigenvalue weighted by Crippen LogP contribution is -2.44. The van der Waals surface area contributed by atoms with E-state index in [4.69, 9.17) is 0 Å². The van der Waals surface area contributed by atoms with Crippen molar-refractivity contribution in [3.05, 3.63) is 18.0 Å². The average molecular weight is 355 g/mol. The summed E-state index contributed by atoms with van der Waals surface area (Å²) in [6, 6.07) is 2.50. The summed E-state index contributed by atoms with van der Waals surface area (Å²) < 4.78 is 1.95. The molecule has 136 valence electrons. The van der Waals surface area contributed by atoms with Crippen molar-refractivity contribution >= 4 is 18.3 Å². The van der Waals surface area contributed by atoms with E-state index < -0.39 is 0 Å². The van der Waals surface area contributed by atoms with Crippen molar-refractivity contribution in [2.75, 3.05) is 13.1 Å². The molecule has 0 spiro atoms. The first-order valence-corrected chi connectivity index (χ1v) is 9.01. The molecule has 0 bridgehead atoms. The Kier molecular flexibility index (Phi) is 6.32. The minimum atomic E-state index is -0.0240. The van der Waals surface area contributed by atoms with Crippen molar-refractivity contribution < 1.29 is 4.79 Å². The molecule has 1 aliphatic heterocycles. The average Bonchev–Trinajstić information content (AvgIpc) is 3.00. The zero-order valence-corrected chi connectivity index (χ0v) is 15.9. The first-order chi connectivity index (χ1) is 10.9. The lowest BCUT2D eigenvalue weighted by Gasteiger charge is -2.39. The maximum absolute atomic E-state index is 12.5. The van der Waals surface area contributed by atoms with Crippen molar-refractivity contribution in [1.82, 2.24) is 20.4 Å². The van der Waals surface area contributed by atoms with Gasteiger partial charge in [-0.3, -0.25) is 9.48 Å². The molecule has 0 aromatic carbocycles. The third-order valence-electron chi connectivity index (χ3n) is 5.50. The van der Waals surface area contributed by atoms with E-state index in [0.717, 1.165) is 25.9 Å². The van der Waals surface area contributed by atoms with Gasteiger partial charge in [-0.05, 0) is 56.0 Å². The molecule has 1 aromatic heterocycles. The Labute approximate surface area is 151 Å². The van der Waals surface area contributed by atoms with Gasteiger partial charge in [0.15, 0.2) is 0 Å². The Morgan fingerprint density at radius 2 is 2.21 bits per heavy atom. The van der Waals surface area contributed by atoms with Crippen LogP contribution in [0.4, 0.5) is 0 Å². The number of hydrogen-bond donors (Lipinski definition) is 2. The molecule has 24 heavy (non-hydrogen) atoms. The SMILES string of the molecule is CC1CC(C)(C)CCC1NC(=O)c1ccn(C2CCCNC2)n1.Cl. The van der Waals surface area contributed by atoms with Crippen LogP contribution >= 0.6 is 12.4 Å². The van der Waals surface area contributed by atoms with Gasteiger partial charge in [-0.1, -0.05) is 20.8 Å². The number of halogens is 1. The number of amides is 1. The molecule has 1 saturated heterocycles. The number of hydrogen-bond acceptors (Lipinski definition) is 3. The third kappa shape index (κ3) is 4.51. The van der Waals surface area contributed by atoms with Gasteiger partial charge in [-0.2, -0.15) is 5.10 Å². The summed E-state index contributed by atoms with van der Waals surface area (Å²) in [5, 5.41) is 11.1. The van der Waals surface area contributed by atoms with Crippen LogP contribution in [0.25, 0.3) is 0 Å². The maximum atomic E-state index is 12.5. The van der Waals surface area contributed by atoms with Gasteiger partial charge in [0.05, 0.1) is 6.04 Å². The fourth-order valence-electron chi connectivity index (χ4n) is 4.13. The summed E-state index contributed by atoms with van der Waals surface area (Å²) in [7, 11) is 0. The normalized spacial score (nSPS) is 29.5. The van der Waals surface area contributed by atoms with Gasteiger partial charge in [-0.15, -0.1) is 12.4 Å². The van der Waals surface area contributed by atoms with Gasteiger partial charge >= 0.3 is 0 Å². The Morgan fingerprint density at radius 3 is 2.88 bits per heavy atom. The fraction of sp³-hybridized carbons (Fsp3) is 0.778. The Morgan fingerprint density at radius 1 is 1.42 bits per heavy atom. The molecule has 1 aliphatic carbocycles. The van der Waals surface area contributed by atoms with Crippen LogP contribution in [0.3, 0.4) is 0 Å². The highest BCUT2D eigenvalue weighted by atomic mass is 35.5. The summed E-state index contributed by atoms with van der Waals surface area (Å²) in [6.07, 6.45) is 7.64. The van der Waals surface area contributed by atoms with Gasteiger partial charge < -0.3 is 10.6 Å². The number of nitrogens with one attached hydrogen (secondary N) is 2. The molecule has 2 aliphatic rings. The summed E-state index contributed by atoms with van der Waals surface area (Å²) in [5.41, 5.74) is 0.948. The van der Waals surface area contributed by atoms with Gasteiger partial charge in [0, 0.05) is 18.8 Å². The molecule has 3 unspecified atom stereocenters. The summed E-state index contributed by atoms with van der Waals surface area (Å²) in [6.45, 7) is 8.92. The van der Waals surface area contributed by atoms with E-state index in [0.29, 0.717) is 23.1 Å². The standard InChI is InChI=1S/C18H30N4O.ClH/c1-13-11-18(2,3)8-6-15(13)20-17(23)16-7-10-22(21-16)14-5-4-9-19-12-14;/h7,10,13-15,19H,4-6,8-9,11-12H2,1-3H3,(H,20,23);1H. The largest absolute Gasteiger partial charge is 0.348 e. The molecule has 0 radical (unpaired) electrons. The zero-order chi connectivity index (χ0) is 16.4. The van der Waals surface area contributed by atoms with Crippen LogP contribution in [0.15, 0.2) is 12.3 Å². The molecule has 1 amide bonds. The second-order valence-corrected chi connectivity index (χ2v) is 8.15. The van der Waals surface area contributed by atoms with Gasteiger partial charge in [0.2, 0.25) is 0 Å². The van der Waals surface area contributed by atoms with E-state index in [9.17, 15) is 4.79 Å². The van der Waals surface area contributed by atoms with Crippen LogP contribution in [0, 0.1) is 11.3 Å². The molecular formula is C18H31ClN4O. The third-order valence-corrected chi connectivity index (χ3v) is 5.50. The Bertz CT molecular complexity index is 551. The molecule has 2 heterocycles. The number of carbonyl (C=O) groups is 1. The van der Waals surface area contributed by atoms with Gasteiger partial charge in [0.25, 0.3) is 5.91 Å². The van der Waals surface area contributed by atoms with Gasteiger partial charge in [-0.25, -0.2) is 0 Å². The van der Waals surface area contributed by atoms with E-state index in [1.165, 1.54) is 19.3 Å². The highest BCUT2D eigenvalue weighted by molar-refractivity contribution is 5.92. The fourth-order valence-corrected chi connectivity index (χ4v) is 4.13. The summed E-state index contributed by atoms with van der Waals surface area (Å²) in [4.78, 5) is 12.5. The molecule has 3 rings (SSSR count). The van der Waals surface area contributed by atoms with Crippen LogP contribution in [0.5, 0.6) is 0 Å². The minimum Gasteiger partial charge on any atom is -0.348 e. The lowest BCUT2D eigenvalue weighted by molar-refractivity contribution is 0.0855. The second-order valence-electron chi connectivity index (χ2n) is 8.15. The van der Waals surface area contributed by atoms with Crippen molar-refractivity contribution in [2.45, 2.75) is 65.0 Å². The first-order valence-electron chi connectivity index (χ1n) is 9.01. The van der Waals surface area contributed by atoms with Crippen molar-refractivity contribution in [2.24, 2.45) is 11.3 Å². The molecule has 1 aromatic rings. The number of rotatable bonds is 3. The summed E-state index contributed by atoms with van der Waals surface area (Å²) >= 11 is 0.